The van der Waals surface area contributed by atoms with Crippen molar-refractivity contribution in [3.05, 3.63) is 76.3 Å². The van der Waals surface area contributed by atoms with Crippen molar-refractivity contribution < 1.29 is 0 Å². The zero-order valence-electron chi connectivity index (χ0n) is 9.20. The molecule has 0 bridgehead atoms. The Balaban J connectivity index is 2.40. The zero-order valence-corrected chi connectivity index (χ0v) is 10.8. The Bertz CT molecular complexity index is 509. The molecule has 0 radical (unpaired) electrons. The number of aryl methyl sites for hydroxylation is 1. The molecule has 0 aliphatic carbocycles. The van der Waals surface area contributed by atoms with Crippen LogP contribution in [0.4, 0.5) is 0 Å². The van der Waals surface area contributed by atoms with Crippen LogP contribution in [0.3, 0.4) is 0 Å². The lowest BCUT2D eigenvalue weighted by atomic mass is 9.99. The summed E-state index contributed by atoms with van der Waals surface area (Å²) >= 11 is 3.55. The van der Waals surface area contributed by atoms with Gasteiger partial charge in [0.2, 0.25) is 0 Å². The lowest BCUT2D eigenvalue weighted by molar-refractivity contribution is 1.44. The van der Waals surface area contributed by atoms with E-state index in [9.17, 15) is 0 Å². The van der Waals surface area contributed by atoms with Gasteiger partial charge in [-0.05, 0) is 29.7 Å². The lowest BCUT2D eigenvalue weighted by Gasteiger charge is -2.08. The fraction of sp³-hybridized carbons (Fsp3) is 0.0667. The summed E-state index contributed by atoms with van der Waals surface area (Å²) in [5, 5.41) is 0. The summed E-state index contributed by atoms with van der Waals surface area (Å²) in [6, 6.07) is 16.6. The standard InChI is InChI=1S/C15H13Br/c1-11-7-9-13(10-8-11)12(2)14-5-3-4-6-15(14)16/h3-10H,2H2,1H3. The molecule has 0 aliphatic rings. The summed E-state index contributed by atoms with van der Waals surface area (Å²) in [7, 11) is 0. The minimum atomic E-state index is 1.05. The topological polar surface area (TPSA) is 0 Å². The van der Waals surface area contributed by atoms with Gasteiger partial charge in [-0.1, -0.05) is 70.5 Å². The first-order chi connectivity index (χ1) is 7.68. The van der Waals surface area contributed by atoms with Gasteiger partial charge in [-0.15, -0.1) is 0 Å². The van der Waals surface area contributed by atoms with E-state index in [4.69, 9.17) is 0 Å². The van der Waals surface area contributed by atoms with E-state index in [0.29, 0.717) is 0 Å². The smallest absolute Gasteiger partial charge is 0.0253 e. The van der Waals surface area contributed by atoms with Crippen LogP contribution in [-0.2, 0) is 0 Å². The van der Waals surface area contributed by atoms with Crippen molar-refractivity contribution in [2.45, 2.75) is 6.92 Å². The van der Waals surface area contributed by atoms with E-state index < -0.39 is 0 Å². The van der Waals surface area contributed by atoms with Crippen LogP contribution in [0.2, 0.25) is 0 Å². The van der Waals surface area contributed by atoms with E-state index in [-0.39, 0.29) is 0 Å². The van der Waals surface area contributed by atoms with E-state index in [1.54, 1.807) is 0 Å². The van der Waals surface area contributed by atoms with Crippen LogP contribution in [-0.4, -0.2) is 0 Å². The molecule has 2 aromatic carbocycles. The second-order valence-electron chi connectivity index (χ2n) is 3.82. The van der Waals surface area contributed by atoms with E-state index in [2.05, 4.69) is 59.8 Å². The first-order valence-corrected chi connectivity index (χ1v) is 5.98. The van der Waals surface area contributed by atoms with Gasteiger partial charge in [0, 0.05) is 4.47 Å². The van der Waals surface area contributed by atoms with Gasteiger partial charge in [0.25, 0.3) is 0 Å². The molecule has 0 saturated heterocycles. The molecule has 0 unspecified atom stereocenters. The maximum absolute atomic E-state index is 4.16. The molecule has 0 saturated carbocycles. The van der Waals surface area contributed by atoms with Crippen molar-refractivity contribution in [1.29, 1.82) is 0 Å². The summed E-state index contributed by atoms with van der Waals surface area (Å²) in [5.41, 5.74) is 4.63. The summed E-state index contributed by atoms with van der Waals surface area (Å²) in [6.07, 6.45) is 0. The fourth-order valence-corrected chi connectivity index (χ4v) is 2.14. The molecule has 0 atom stereocenters. The first kappa shape index (κ1) is 11.2. The summed E-state index contributed by atoms with van der Waals surface area (Å²) < 4.78 is 1.08. The molecule has 1 heteroatoms. The summed E-state index contributed by atoms with van der Waals surface area (Å²) in [6.45, 7) is 6.24. The quantitative estimate of drug-likeness (QED) is 0.736. The molecular formula is C15H13Br. The van der Waals surface area contributed by atoms with Crippen LogP contribution in [0.15, 0.2) is 59.6 Å². The van der Waals surface area contributed by atoms with Gasteiger partial charge in [0.1, 0.15) is 0 Å². The largest absolute Gasteiger partial charge is 0.0905 e. The number of hydrogen-bond donors (Lipinski definition) is 0. The third-order valence-corrected chi connectivity index (χ3v) is 3.29. The van der Waals surface area contributed by atoms with Crippen LogP contribution in [0.1, 0.15) is 16.7 Å². The number of benzene rings is 2. The first-order valence-electron chi connectivity index (χ1n) is 5.19. The molecule has 2 aromatic rings. The SMILES string of the molecule is C=C(c1ccc(C)cc1)c1ccccc1Br. The minimum absolute atomic E-state index is 1.05. The number of halogens is 1. The highest BCUT2D eigenvalue weighted by atomic mass is 79.9. The van der Waals surface area contributed by atoms with Gasteiger partial charge < -0.3 is 0 Å². The van der Waals surface area contributed by atoms with Crippen molar-refractivity contribution >= 4 is 21.5 Å². The molecule has 80 valence electrons. The molecule has 2 rings (SSSR count). The number of rotatable bonds is 2. The Labute approximate surface area is 105 Å². The van der Waals surface area contributed by atoms with E-state index in [1.807, 2.05) is 18.2 Å². The molecule has 0 fully saturated rings. The van der Waals surface area contributed by atoms with E-state index in [1.165, 1.54) is 5.56 Å². The summed E-state index contributed by atoms with van der Waals surface area (Å²) in [5.74, 6) is 0. The Kier molecular flexibility index (Phi) is 3.25. The maximum atomic E-state index is 4.16. The highest BCUT2D eigenvalue weighted by molar-refractivity contribution is 9.10. The molecule has 0 amide bonds. The molecule has 0 nitrogen and oxygen atoms in total. The third-order valence-electron chi connectivity index (χ3n) is 2.60. The maximum Gasteiger partial charge on any atom is 0.0253 e. The van der Waals surface area contributed by atoms with Crippen LogP contribution in [0, 0.1) is 6.92 Å². The molecular weight excluding hydrogens is 260 g/mol. The molecule has 0 N–H and O–H groups in total. The monoisotopic (exact) mass is 272 g/mol. The zero-order chi connectivity index (χ0) is 11.5. The Morgan fingerprint density at radius 3 is 2.25 bits per heavy atom. The van der Waals surface area contributed by atoms with Crippen molar-refractivity contribution in [3.8, 4) is 0 Å². The van der Waals surface area contributed by atoms with Gasteiger partial charge in [0.15, 0.2) is 0 Å². The average molecular weight is 273 g/mol. The Morgan fingerprint density at radius 1 is 1.00 bits per heavy atom. The second-order valence-corrected chi connectivity index (χ2v) is 4.68. The van der Waals surface area contributed by atoms with Crippen LogP contribution in [0.5, 0.6) is 0 Å². The Hall–Kier alpha value is -1.34. The fourth-order valence-electron chi connectivity index (χ4n) is 1.62. The number of hydrogen-bond acceptors (Lipinski definition) is 0. The average Bonchev–Trinajstić information content (AvgIpc) is 2.30. The van der Waals surface area contributed by atoms with Gasteiger partial charge >= 0.3 is 0 Å². The molecule has 16 heavy (non-hydrogen) atoms. The molecule has 0 spiro atoms. The Morgan fingerprint density at radius 2 is 1.62 bits per heavy atom. The van der Waals surface area contributed by atoms with Crippen molar-refractivity contribution in [2.24, 2.45) is 0 Å². The van der Waals surface area contributed by atoms with E-state index in [0.717, 1.165) is 21.2 Å². The highest BCUT2D eigenvalue weighted by Crippen LogP contribution is 2.27. The summed E-state index contributed by atoms with van der Waals surface area (Å²) in [4.78, 5) is 0. The van der Waals surface area contributed by atoms with Crippen molar-refractivity contribution in [1.82, 2.24) is 0 Å². The third kappa shape index (κ3) is 2.25. The van der Waals surface area contributed by atoms with Crippen molar-refractivity contribution in [3.63, 3.8) is 0 Å². The van der Waals surface area contributed by atoms with Crippen LogP contribution >= 0.6 is 15.9 Å². The van der Waals surface area contributed by atoms with Gasteiger partial charge in [-0.2, -0.15) is 0 Å². The van der Waals surface area contributed by atoms with Crippen LogP contribution < -0.4 is 0 Å². The van der Waals surface area contributed by atoms with Crippen molar-refractivity contribution in [2.75, 3.05) is 0 Å². The highest BCUT2D eigenvalue weighted by Gasteiger charge is 2.05. The van der Waals surface area contributed by atoms with Gasteiger partial charge in [-0.25, -0.2) is 0 Å². The molecule has 0 aromatic heterocycles. The predicted octanol–water partition coefficient (Wildman–Crippen LogP) is 4.82. The predicted molar refractivity (Wildman–Crippen MR) is 73.5 cm³/mol. The molecule has 0 aliphatic heterocycles. The van der Waals surface area contributed by atoms with E-state index >= 15 is 0 Å². The second kappa shape index (κ2) is 4.67. The molecule has 0 heterocycles. The normalized spacial score (nSPS) is 10.1. The van der Waals surface area contributed by atoms with Crippen LogP contribution in [0.25, 0.3) is 5.57 Å². The van der Waals surface area contributed by atoms with Gasteiger partial charge in [-0.3, -0.25) is 0 Å². The lowest BCUT2D eigenvalue weighted by Crippen LogP contribution is -1.87. The minimum Gasteiger partial charge on any atom is -0.0905 e. The van der Waals surface area contributed by atoms with Gasteiger partial charge in [0.05, 0.1) is 0 Å².